The molecule has 0 amide bonds. The van der Waals surface area contributed by atoms with Crippen molar-refractivity contribution in [1.82, 2.24) is 0 Å². The molecule has 0 N–H and O–H groups in total. The molecule has 0 saturated heterocycles. The van der Waals surface area contributed by atoms with Crippen molar-refractivity contribution in [3.8, 4) is 0 Å². The number of carbonyl (C=O) groups is 1. The molecule has 20 heavy (non-hydrogen) atoms. The lowest BCUT2D eigenvalue weighted by Gasteiger charge is -2.28. The van der Waals surface area contributed by atoms with Gasteiger partial charge in [0.25, 0.3) is 0 Å². The lowest BCUT2D eigenvalue weighted by Crippen LogP contribution is -2.32. The first-order valence-electron chi connectivity index (χ1n) is 7.64. The summed E-state index contributed by atoms with van der Waals surface area (Å²) >= 11 is 0. The van der Waals surface area contributed by atoms with E-state index in [-0.39, 0.29) is 11.4 Å². The Labute approximate surface area is 120 Å². The average molecular weight is 274 g/mol. The van der Waals surface area contributed by atoms with Crippen molar-refractivity contribution >= 4 is 5.97 Å². The Bertz CT molecular complexity index is 476. The lowest BCUT2D eigenvalue weighted by atomic mass is 9.85. The zero-order valence-electron chi connectivity index (χ0n) is 12.1. The predicted molar refractivity (Wildman–Crippen MR) is 76.3 cm³/mol. The van der Waals surface area contributed by atoms with E-state index in [1.165, 1.54) is 19.3 Å². The van der Waals surface area contributed by atoms with Crippen molar-refractivity contribution in [2.75, 3.05) is 6.61 Å². The topological polar surface area (TPSA) is 35.5 Å². The van der Waals surface area contributed by atoms with Crippen LogP contribution in [0.1, 0.15) is 55.8 Å². The highest BCUT2D eigenvalue weighted by molar-refractivity contribution is 5.89. The van der Waals surface area contributed by atoms with Gasteiger partial charge in [0, 0.05) is 18.4 Å². The molecule has 2 aliphatic carbocycles. The van der Waals surface area contributed by atoms with Crippen LogP contribution in [0.15, 0.2) is 30.3 Å². The van der Waals surface area contributed by atoms with Gasteiger partial charge < -0.3 is 9.47 Å². The van der Waals surface area contributed by atoms with Gasteiger partial charge in [-0.15, -0.1) is 0 Å². The van der Waals surface area contributed by atoms with Gasteiger partial charge in [-0.3, -0.25) is 0 Å². The lowest BCUT2D eigenvalue weighted by molar-refractivity contribution is -0.159. The molecule has 0 heterocycles. The minimum atomic E-state index is -0.658. The summed E-state index contributed by atoms with van der Waals surface area (Å²) in [7, 11) is 0. The molecule has 0 aliphatic heterocycles. The molecule has 0 bridgehead atoms. The highest BCUT2D eigenvalue weighted by Crippen LogP contribution is 2.66. The van der Waals surface area contributed by atoms with E-state index in [0.29, 0.717) is 12.2 Å². The summed E-state index contributed by atoms with van der Waals surface area (Å²) in [5.41, 5.74) is 0.690. The minimum absolute atomic E-state index is 0.0890. The number of hydrogen-bond donors (Lipinski definition) is 0. The van der Waals surface area contributed by atoms with Gasteiger partial charge in [-0.2, -0.15) is 0 Å². The van der Waals surface area contributed by atoms with Gasteiger partial charge >= 0.3 is 5.97 Å². The number of carbonyl (C=O) groups excluding carboxylic acids is 1. The maximum absolute atomic E-state index is 12.3. The number of benzene rings is 1. The molecule has 3 nitrogen and oxygen atoms in total. The van der Waals surface area contributed by atoms with Crippen LogP contribution in [0.2, 0.25) is 0 Å². The molecule has 2 fully saturated rings. The Morgan fingerprint density at radius 1 is 1.15 bits per heavy atom. The van der Waals surface area contributed by atoms with Crippen molar-refractivity contribution in [3.05, 3.63) is 35.9 Å². The fraction of sp³-hybridized carbons (Fsp3) is 0.588. The Hall–Kier alpha value is -1.35. The van der Waals surface area contributed by atoms with E-state index < -0.39 is 5.79 Å². The van der Waals surface area contributed by atoms with E-state index in [2.05, 4.69) is 0 Å². The average Bonchev–Trinajstić information content (AvgIpc) is 3.06. The van der Waals surface area contributed by atoms with Crippen LogP contribution >= 0.6 is 0 Å². The van der Waals surface area contributed by atoms with Crippen LogP contribution in [0.3, 0.4) is 0 Å². The second-order valence-electron chi connectivity index (χ2n) is 5.96. The summed E-state index contributed by atoms with van der Waals surface area (Å²) in [6.07, 6.45) is 6.84. The van der Waals surface area contributed by atoms with E-state index in [4.69, 9.17) is 9.47 Å². The maximum Gasteiger partial charge on any atom is 0.340 e. The molecule has 2 saturated carbocycles. The Balaban J connectivity index is 1.75. The monoisotopic (exact) mass is 274 g/mol. The third kappa shape index (κ3) is 2.24. The molecule has 1 atom stereocenters. The summed E-state index contributed by atoms with van der Waals surface area (Å²) in [4.78, 5) is 12.3. The van der Waals surface area contributed by atoms with Crippen LogP contribution in [0.25, 0.3) is 0 Å². The molecule has 1 aromatic carbocycles. The van der Waals surface area contributed by atoms with Crippen molar-refractivity contribution in [3.63, 3.8) is 0 Å². The first-order valence-corrected chi connectivity index (χ1v) is 7.64. The zero-order valence-corrected chi connectivity index (χ0v) is 12.1. The van der Waals surface area contributed by atoms with Gasteiger partial charge in [0.05, 0.1) is 5.56 Å². The second kappa shape index (κ2) is 5.21. The molecule has 2 aliphatic rings. The third-order valence-electron chi connectivity index (χ3n) is 4.71. The Morgan fingerprint density at radius 2 is 1.85 bits per heavy atom. The van der Waals surface area contributed by atoms with E-state index in [9.17, 15) is 4.79 Å². The molecule has 3 heteroatoms. The SMILES string of the molecule is CCOC1(OC(=O)c2ccccc2)CC12CCCCC2. The number of rotatable bonds is 4. The molecule has 1 aromatic rings. The van der Waals surface area contributed by atoms with Crippen LogP contribution in [-0.4, -0.2) is 18.4 Å². The van der Waals surface area contributed by atoms with Gasteiger partial charge in [0.15, 0.2) is 0 Å². The molecule has 108 valence electrons. The van der Waals surface area contributed by atoms with E-state index >= 15 is 0 Å². The molecular formula is C17H22O3. The highest BCUT2D eigenvalue weighted by Gasteiger charge is 2.71. The van der Waals surface area contributed by atoms with Gasteiger partial charge in [-0.25, -0.2) is 4.79 Å². The van der Waals surface area contributed by atoms with Gasteiger partial charge in [-0.1, -0.05) is 37.5 Å². The molecule has 1 unspecified atom stereocenters. The molecule has 3 rings (SSSR count). The highest BCUT2D eigenvalue weighted by atomic mass is 16.7. The predicted octanol–water partition coefficient (Wildman–Crippen LogP) is 3.93. The van der Waals surface area contributed by atoms with Crippen molar-refractivity contribution < 1.29 is 14.3 Å². The van der Waals surface area contributed by atoms with Crippen molar-refractivity contribution in [2.45, 2.75) is 51.2 Å². The van der Waals surface area contributed by atoms with Crippen molar-refractivity contribution in [2.24, 2.45) is 5.41 Å². The molecule has 0 radical (unpaired) electrons. The van der Waals surface area contributed by atoms with Crippen LogP contribution in [-0.2, 0) is 9.47 Å². The first kappa shape index (κ1) is 13.6. The minimum Gasteiger partial charge on any atom is -0.429 e. The van der Waals surface area contributed by atoms with Crippen LogP contribution in [0.5, 0.6) is 0 Å². The zero-order chi connectivity index (χ0) is 14.1. The summed E-state index contributed by atoms with van der Waals surface area (Å²) in [5.74, 6) is -0.920. The maximum atomic E-state index is 12.3. The van der Waals surface area contributed by atoms with E-state index in [0.717, 1.165) is 19.3 Å². The Kier molecular flexibility index (Phi) is 3.55. The van der Waals surface area contributed by atoms with Gasteiger partial charge in [0.1, 0.15) is 0 Å². The largest absolute Gasteiger partial charge is 0.429 e. The number of esters is 1. The smallest absolute Gasteiger partial charge is 0.340 e. The molecule has 0 aromatic heterocycles. The fourth-order valence-corrected chi connectivity index (χ4v) is 3.58. The van der Waals surface area contributed by atoms with Gasteiger partial charge in [-0.05, 0) is 31.9 Å². The number of hydrogen-bond acceptors (Lipinski definition) is 3. The van der Waals surface area contributed by atoms with Crippen molar-refractivity contribution in [1.29, 1.82) is 0 Å². The standard InChI is InChI=1S/C17H22O3/c1-2-19-17(13-16(17)11-7-4-8-12-16)20-15(18)14-9-5-3-6-10-14/h3,5-6,9-10H,2,4,7-8,11-13H2,1H3. The fourth-order valence-electron chi connectivity index (χ4n) is 3.58. The third-order valence-corrected chi connectivity index (χ3v) is 4.71. The molecular weight excluding hydrogens is 252 g/mol. The number of ether oxygens (including phenoxy) is 2. The second-order valence-corrected chi connectivity index (χ2v) is 5.96. The summed E-state index contributed by atoms with van der Waals surface area (Å²) in [6, 6.07) is 9.19. The normalized spacial score (nSPS) is 27.2. The van der Waals surface area contributed by atoms with Gasteiger partial charge in [0.2, 0.25) is 5.79 Å². The van der Waals surface area contributed by atoms with Crippen LogP contribution in [0.4, 0.5) is 0 Å². The quantitative estimate of drug-likeness (QED) is 0.616. The first-order chi connectivity index (χ1) is 9.71. The summed E-state index contributed by atoms with van der Waals surface area (Å²) < 4.78 is 11.7. The Morgan fingerprint density at radius 3 is 2.50 bits per heavy atom. The van der Waals surface area contributed by atoms with Crippen LogP contribution < -0.4 is 0 Å². The van der Waals surface area contributed by atoms with E-state index in [1.54, 1.807) is 12.1 Å². The summed E-state index contributed by atoms with van der Waals surface area (Å²) in [5, 5.41) is 0. The molecule has 1 spiro atoms. The van der Waals surface area contributed by atoms with E-state index in [1.807, 2.05) is 25.1 Å². The summed E-state index contributed by atoms with van der Waals surface area (Å²) in [6.45, 7) is 2.55. The van der Waals surface area contributed by atoms with Crippen LogP contribution in [0, 0.1) is 5.41 Å².